The zero-order valence-electron chi connectivity index (χ0n) is 12.7. The Morgan fingerprint density at radius 3 is 2.18 bits per heavy atom. The molecular weight excluding hydrogens is 204 g/mol. The SMILES string of the molecule is CCCCC(C)CC(CCCC)CC1CC1C. The van der Waals surface area contributed by atoms with Gasteiger partial charge in [0.05, 0.1) is 0 Å². The van der Waals surface area contributed by atoms with Gasteiger partial charge in [-0.1, -0.05) is 66.2 Å². The van der Waals surface area contributed by atoms with Gasteiger partial charge in [-0.05, 0) is 42.9 Å². The highest BCUT2D eigenvalue weighted by Crippen LogP contribution is 2.44. The number of unbranched alkanes of at least 4 members (excludes halogenated alkanes) is 2. The van der Waals surface area contributed by atoms with Crippen molar-refractivity contribution in [2.24, 2.45) is 23.7 Å². The predicted octanol–water partition coefficient (Wildman–Crippen LogP) is 6.06. The van der Waals surface area contributed by atoms with Gasteiger partial charge in [-0.25, -0.2) is 0 Å². The quantitative estimate of drug-likeness (QED) is 0.434. The van der Waals surface area contributed by atoms with E-state index in [0.29, 0.717) is 0 Å². The van der Waals surface area contributed by atoms with E-state index in [1.807, 2.05) is 0 Å². The predicted molar refractivity (Wildman–Crippen MR) is 78.2 cm³/mol. The lowest BCUT2D eigenvalue weighted by Gasteiger charge is -2.21. The first-order chi connectivity index (χ1) is 8.17. The summed E-state index contributed by atoms with van der Waals surface area (Å²) in [5.74, 6) is 4.14. The van der Waals surface area contributed by atoms with Crippen molar-refractivity contribution in [3.8, 4) is 0 Å². The lowest BCUT2D eigenvalue weighted by Crippen LogP contribution is -2.08. The molecule has 102 valence electrons. The van der Waals surface area contributed by atoms with E-state index >= 15 is 0 Å². The molecule has 17 heavy (non-hydrogen) atoms. The van der Waals surface area contributed by atoms with Gasteiger partial charge in [-0.2, -0.15) is 0 Å². The molecule has 4 unspecified atom stereocenters. The molecule has 0 aromatic rings. The Hall–Kier alpha value is 0. The summed E-state index contributed by atoms with van der Waals surface area (Å²) in [6.45, 7) is 9.55. The van der Waals surface area contributed by atoms with Crippen LogP contribution in [0.4, 0.5) is 0 Å². The van der Waals surface area contributed by atoms with E-state index in [9.17, 15) is 0 Å². The lowest BCUT2D eigenvalue weighted by atomic mass is 9.85. The van der Waals surface area contributed by atoms with Crippen LogP contribution in [0, 0.1) is 23.7 Å². The van der Waals surface area contributed by atoms with Crippen molar-refractivity contribution in [2.45, 2.75) is 85.5 Å². The van der Waals surface area contributed by atoms with E-state index in [1.165, 1.54) is 57.8 Å². The number of hydrogen-bond donors (Lipinski definition) is 0. The van der Waals surface area contributed by atoms with E-state index in [4.69, 9.17) is 0 Å². The van der Waals surface area contributed by atoms with Gasteiger partial charge < -0.3 is 0 Å². The van der Waals surface area contributed by atoms with Gasteiger partial charge in [0.25, 0.3) is 0 Å². The Morgan fingerprint density at radius 1 is 1.06 bits per heavy atom. The Bertz CT molecular complexity index is 184. The second-order valence-corrected chi connectivity index (χ2v) is 6.70. The van der Waals surface area contributed by atoms with Gasteiger partial charge in [0.2, 0.25) is 0 Å². The minimum Gasteiger partial charge on any atom is -0.0654 e. The van der Waals surface area contributed by atoms with Crippen molar-refractivity contribution in [3.05, 3.63) is 0 Å². The van der Waals surface area contributed by atoms with Crippen LogP contribution in [0.1, 0.15) is 85.5 Å². The molecule has 1 aliphatic carbocycles. The van der Waals surface area contributed by atoms with Crippen LogP contribution in [0.15, 0.2) is 0 Å². The van der Waals surface area contributed by atoms with Crippen molar-refractivity contribution >= 4 is 0 Å². The minimum atomic E-state index is 0.964. The fraction of sp³-hybridized carbons (Fsp3) is 1.00. The molecule has 0 amide bonds. The normalized spacial score (nSPS) is 26.8. The molecule has 0 heterocycles. The molecule has 1 fully saturated rings. The lowest BCUT2D eigenvalue weighted by molar-refractivity contribution is 0.311. The maximum Gasteiger partial charge on any atom is -0.0383 e. The van der Waals surface area contributed by atoms with Gasteiger partial charge >= 0.3 is 0 Å². The molecule has 0 aromatic heterocycles. The van der Waals surface area contributed by atoms with Crippen molar-refractivity contribution in [1.82, 2.24) is 0 Å². The average Bonchev–Trinajstić information content (AvgIpc) is 2.99. The van der Waals surface area contributed by atoms with Crippen molar-refractivity contribution < 1.29 is 0 Å². The topological polar surface area (TPSA) is 0 Å². The van der Waals surface area contributed by atoms with Crippen molar-refractivity contribution in [2.75, 3.05) is 0 Å². The third kappa shape index (κ3) is 6.48. The highest BCUT2D eigenvalue weighted by molar-refractivity contribution is 4.84. The summed E-state index contributed by atoms with van der Waals surface area (Å²) in [5.41, 5.74) is 0. The van der Waals surface area contributed by atoms with Crippen LogP contribution in [0.2, 0.25) is 0 Å². The minimum absolute atomic E-state index is 0.964. The molecule has 0 nitrogen and oxygen atoms in total. The van der Waals surface area contributed by atoms with Crippen LogP contribution in [0.5, 0.6) is 0 Å². The molecule has 0 heteroatoms. The highest BCUT2D eigenvalue weighted by Gasteiger charge is 2.34. The second-order valence-electron chi connectivity index (χ2n) is 6.70. The molecule has 0 spiro atoms. The molecule has 1 rings (SSSR count). The summed E-state index contributed by atoms with van der Waals surface area (Å²) in [7, 11) is 0. The standard InChI is InChI=1S/C17H34/c1-5-7-9-14(3)11-16(10-8-6-2)13-17-12-15(17)4/h14-17H,5-13H2,1-4H3. The Morgan fingerprint density at radius 2 is 1.65 bits per heavy atom. The summed E-state index contributed by atoms with van der Waals surface area (Å²) in [6, 6.07) is 0. The molecule has 0 N–H and O–H groups in total. The van der Waals surface area contributed by atoms with Gasteiger partial charge in [-0.3, -0.25) is 0 Å². The first-order valence-electron chi connectivity index (χ1n) is 8.17. The zero-order chi connectivity index (χ0) is 12.7. The summed E-state index contributed by atoms with van der Waals surface area (Å²) in [6.07, 6.45) is 13.1. The Balaban J connectivity index is 2.23. The first kappa shape index (κ1) is 15.1. The number of rotatable bonds is 10. The molecular formula is C17H34. The van der Waals surface area contributed by atoms with Gasteiger partial charge in [0.1, 0.15) is 0 Å². The molecule has 0 bridgehead atoms. The molecule has 4 atom stereocenters. The van der Waals surface area contributed by atoms with Gasteiger partial charge in [0, 0.05) is 0 Å². The van der Waals surface area contributed by atoms with Crippen LogP contribution in [0.3, 0.4) is 0 Å². The summed E-state index contributed by atoms with van der Waals surface area (Å²) >= 11 is 0. The van der Waals surface area contributed by atoms with E-state index in [2.05, 4.69) is 27.7 Å². The van der Waals surface area contributed by atoms with Crippen LogP contribution in [0.25, 0.3) is 0 Å². The fourth-order valence-electron chi connectivity index (χ4n) is 3.22. The van der Waals surface area contributed by atoms with Gasteiger partial charge in [-0.15, -0.1) is 0 Å². The van der Waals surface area contributed by atoms with Crippen LogP contribution in [-0.2, 0) is 0 Å². The van der Waals surface area contributed by atoms with E-state index in [-0.39, 0.29) is 0 Å². The molecule has 0 aliphatic heterocycles. The molecule has 0 radical (unpaired) electrons. The van der Waals surface area contributed by atoms with E-state index in [1.54, 1.807) is 0 Å². The third-order valence-electron chi connectivity index (χ3n) is 4.66. The highest BCUT2D eigenvalue weighted by atomic mass is 14.4. The fourth-order valence-corrected chi connectivity index (χ4v) is 3.22. The van der Waals surface area contributed by atoms with Crippen LogP contribution < -0.4 is 0 Å². The molecule has 1 aliphatic rings. The third-order valence-corrected chi connectivity index (χ3v) is 4.66. The van der Waals surface area contributed by atoms with Gasteiger partial charge in [0.15, 0.2) is 0 Å². The summed E-state index contributed by atoms with van der Waals surface area (Å²) in [4.78, 5) is 0. The maximum absolute atomic E-state index is 2.48. The van der Waals surface area contributed by atoms with Crippen LogP contribution in [-0.4, -0.2) is 0 Å². The van der Waals surface area contributed by atoms with E-state index < -0.39 is 0 Å². The smallest absolute Gasteiger partial charge is 0.0383 e. The summed E-state index contributed by atoms with van der Waals surface area (Å²) in [5, 5.41) is 0. The second kappa shape index (κ2) is 8.16. The average molecular weight is 238 g/mol. The maximum atomic E-state index is 2.48. The monoisotopic (exact) mass is 238 g/mol. The first-order valence-corrected chi connectivity index (χ1v) is 8.17. The molecule has 0 aromatic carbocycles. The summed E-state index contributed by atoms with van der Waals surface area (Å²) < 4.78 is 0. The van der Waals surface area contributed by atoms with Crippen molar-refractivity contribution in [1.29, 1.82) is 0 Å². The number of hydrogen-bond acceptors (Lipinski definition) is 0. The van der Waals surface area contributed by atoms with E-state index in [0.717, 1.165) is 23.7 Å². The van der Waals surface area contributed by atoms with Crippen LogP contribution >= 0.6 is 0 Å². The van der Waals surface area contributed by atoms with Crippen molar-refractivity contribution in [3.63, 3.8) is 0 Å². The molecule has 0 saturated heterocycles. The zero-order valence-corrected chi connectivity index (χ0v) is 12.7. The Kier molecular flexibility index (Phi) is 7.23. The molecule has 1 saturated carbocycles. The Labute approximate surface area is 110 Å². The largest absolute Gasteiger partial charge is 0.0654 e.